The Kier molecular flexibility index (Phi) is 4.68. The van der Waals surface area contributed by atoms with Crippen LogP contribution in [0.15, 0.2) is 41.7 Å². The van der Waals surface area contributed by atoms with Gasteiger partial charge in [0.05, 0.1) is 17.6 Å². The Labute approximate surface area is 122 Å². The van der Waals surface area contributed by atoms with Gasteiger partial charge in [-0.1, -0.05) is 42.1 Å². The average Bonchev–Trinajstić information content (AvgIpc) is 2.78. The molecule has 20 heavy (non-hydrogen) atoms. The van der Waals surface area contributed by atoms with E-state index < -0.39 is 0 Å². The first-order valence-corrected chi connectivity index (χ1v) is 7.37. The van der Waals surface area contributed by atoms with Crippen LogP contribution >= 0.6 is 11.8 Å². The predicted octanol–water partition coefficient (Wildman–Crippen LogP) is 1.88. The van der Waals surface area contributed by atoms with E-state index >= 15 is 0 Å². The molecule has 0 fully saturated rings. The lowest BCUT2D eigenvalue weighted by atomic mass is 10.2. The molecule has 0 radical (unpaired) electrons. The minimum absolute atomic E-state index is 0.0192. The summed E-state index contributed by atoms with van der Waals surface area (Å²) < 4.78 is 1.45. The van der Waals surface area contributed by atoms with Crippen molar-refractivity contribution in [1.29, 1.82) is 0 Å². The first-order chi connectivity index (χ1) is 9.56. The maximum atomic E-state index is 11.6. The summed E-state index contributed by atoms with van der Waals surface area (Å²) in [5, 5.41) is 3.46. The van der Waals surface area contributed by atoms with E-state index in [1.54, 1.807) is 6.20 Å². The minimum atomic E-state index is -0.0192. The first kappa shape index (κ1) is 14.5. The number of benzene rings is 1. The number of imidazole rings is 1. The lowest BCUT2D eigenvalue weighted by Crippen LogP contribution is -2.31. The normalized spacial score (nSPS) is 10.8. The van der Waals surface area contributed by atoms with E-state index in [-0.39, 0.29) is 11.9 Å². The Hall–Kier alpha value is -1.95. The summed E-state index contributed by atoms with van der Waals surface area (Å²) in [4.78, 5) is 16.1. The molecule has 2 aromatic rings. The number of hydrogen-bond acceptors (Lipinski definition) is 4. The SMILES string of the molecule is CC(C)NC(=O)CSc1nc(-c2ccccc2)cn1N. The molecule has 0 bridgehead atoms. The highest BCUT2D eigenvalue weighted by molar-refractivity contribution is 7.99. The van der Waals surface area contributed by atoms with Gasteiger partial charge in [-0.2, -0.15) is 0 Å². The molecule has 1 aromatic carbocycles. The lowest BCUT2D eigenvalue weighted by molar-refractivity contribution is -0.119. The smallest absolute Gasteiger partial charge is 0.230 e. The number of carbonyl (C=O) groups is 1. The molecule has 0 aliphatic heterocycles. The van der Waals surface area contributed by atoms with Gasteiger partial charge in [0.1, 0.15) is 0 Å². The zero-order valence-electron chi connectivity index (χ0n) is 11.5. The molecule has 5 nitrogen and oxygen atoms in total. The summed E-state index contributed by atoms with van der Waals surface area (Å²) >= 11 is 1.33. The summed E-state index contributed by atoms with van der Waals surface area (Å²) in [5.41, 5.74) is 1.81. The number of nitrogens with zero attached hydrogens (tertiary/aromatic N) is 2. The number of nitrogens with two attached hydrogens (primary N) is 1. The molecule has 0 saturated heterocycles. The van der Waals surface area contributed by atoms with Crippen molar-refractivity contribution >= 4 is 17.7 Å². The molecular formula is C14H18N4OS. The Morgan fingerprint density at radius 2 is 2.10 bits per heavy atom. The van der Waals surface area contributed by atoms with Gasteiger partial charge in [-0.05, 0) is 13.8 Å². The van der Waals surface area contributed by atoms with E-state index in [9.17, 15) is 4.79 Å². The quantitative estimate of drug-likeness (QED) is 0.651. The third-order valence-corrected chi connectivity index (χ3v) is 3.52. The van der Waals surface area contributed by atoms with Crippen LogP contribution in [0.25, 0.3) is 11.3 Å². The Bertz CT molecular complexity index is 580. The van der Waals surface area contributed by atoms with Crippen molar-refractivity contribution in [2.45, 2.75) is 25.0 Å². The standard InChI is InChI=1S/C14H18N4OS/c1-10(2)16-13(19)9-20-14-17-12(8-18(14)15)11-6-4-3-5-7-11/h3-8,10H,9,15H2,1-2H3,(H,16,19). The zero-order chi connectivity index (χ0) is 14.5. The van der Waals surface area contributed by atoms with E-state index in [1.807, 2.05) is 44.2 Å². The predicted molar refractivity (Wildman–Crippen MR) is 81.8 cm³/mol. The molecule has 0 saturated carbocycles. The molecule has 0 aliphatic carbocycles. The highest BCUT2D eigenvalue weighted by Crippen LogP contribution is 2.22. The Morgan fingerprint density at radius 1 is 1.40 bits per heavy atom. The van der Waals surface area contributed by atoms with E-state index in [1.165, 1.54) is 16.4 Å². The summed E-state index contributed by atoms with van der Waals surface area (Å²) in [6.45, 7) is 3.86. The number of rotatable bonds is 5. The van der Waals surface area contributed by atoms with Gasteiger partial charge < -0.3 is 11.2 Å². The van der Waals surface area contributed by atoms with Gasteiger partial charge in [-0.3, -0.25) is 4.79 Å². The third kappa shape index (κ3) is 3.77. The maximum Gasteiger partial charge on any atom is 0.230 e. The van der Waals surface area contributed by atoms with Crippen molar-refractivity contribution in [1.82, 2.24) is 15.0 Å². The van der Waals surface area contributed by atoms with E-state index in [0.717, 1.165) is 11.3 Å². The van der Waals surface area contributed by atoms with Crippen molar-refractivity contribution in [2.24, 2.45) is 0 Å². The number of carbonyl (C=O) groups excluding carboxylic acids is 1. The maximum absolute atomic E-state index is 11.6. The fourth-order valence-corrected chi connectivity index (χ4v) is 2.43. The van der Waals surface area contributed by atoms with Crippen molar-refractivity contribution in [3.63, 3.8) is 0 Å². The number of thioether (sulfide) groups is 1. The van der Waals surface area contributed by atoms with Gasteiger partial charge in [0.15, 0.2) is 5.16 Å². The van der Waals surface area contributed by atoms with E-state index in [0.29, 0.717) is 10.9 Å². The Morgan fingerprint density at radius 3 is 2.75 bits per heavy atom. The van der Waals surface area contributed by atoms with Crippen LogP contribution in [0.5, 0.6) is 0 Å². The molecule has 0 aliphatic rings. The van der Waals surface area contributed by atoms with Crippen molar-refractivity contribution in [2.75, 3.05) is 11.6 Å². The third-order valence-electron chi connectivity index (χ3n) is 2.55. The molecule has 1 aromatic heterocycles. The van der Waals surface area contributed by atoms with Crippen LogP contribution in [0.4, 0.5) is 0 Å². The topological polar surface area (TPSA) is 72.9 Å². The molecule has 0 atom stereocenters. The largest absolute Gasteiger partial charge is 0.353 e. The summed E-state index contributed by atoms with van der Waals surface area (Å²) in [6.07, 6.45) is 1.76. The molecule has 2 rings (SSSR count). The van der Waals surface area contributed by atoms with E-state index in [2.05, 4.69) is 10.3 Å². The van der Waals surface area contributed by atoms with Gasteiger partial charge in [-0.15, -0.1) is 0 Å². The number of aromatic nitrogens is 2. The van der Waals surface area contributed by atoms with Crippen molar-refractivity contribution in [3.8, 4) is 11.3 Å². The summed E-state index contributed by atoms with van der Waals surface area (Å²) in [7, 11) is 0. The second kappa shape index (κ2) is 6.47. The number of hydrogen-bond donors (Lipinski definition) is 2. The second-order valence-electron chi connectivity index (χ2n) is 4.69. The Balaban J connectivity index is 2.03. The first-order valence-electron chi connectivity index (χ1n) is 6.38. The number of amides is 1. The van der Waals surface area contributed by atoms with Crippen LogP contribution in [0, 0.1) is 0 Å². The molecule has 1 heterocycles. The number of nitrogens with one attached hydrogen (secondary N) is 1. The van der Waals surface area contributed by atoms with Crippen LogP contribution in [0.3, 0.4) is 0 Å². The van der Waals surface area contributed by atoms with Gasteiger partial charge in [0.25, 0.3) is 0 Å². The monoisotopic (exact) mass is 290 g/mol. The van der Waals surface area contributed by atoms with Crippen LogP contribution in [-0.4, -0.2) is 27.4 Å². The second-order valence-corrected chi connectivity index (χ2v) is 5.64. The van der Waals surface area contributed by atoms with Gasteiger partial charge in [0, 0.05) is 11.6 Å². The molecule has 106 valence electrons. The van der Waals surface area contributed by atoms with Crippen LogP contribution in [0.1, 0.15) is 13.8 Å². The fraction of sp³-hybridized carbons (Fsp3) is 0.286. The van der Waals surface area contributed by atoms with E-state index in [4.69, 9.17) is 5.84 Å². The highest BCUT2D eigenvalue weighted by Gasteiger charge is 2.11. The van der Waals surface area contributed by atoms with Gasteiger partial charge >= 0.3 is 0 Å². The lowest BCUT2D eigenvalue weighted by Gasteiger charge is -2.07. The molecular weight excluding hydrogens is 272 g/mol. The van der Waals surface area contributed by atoms with Crippen LogP contribution < -0.4 is 11.2 Å². The molecule has 3 N–H and O–H groups in total. The van der Waals surface area contributed by atoms with Crippen LogP contribution in [-0.2, 0) is 4.79 Å². The highest BCUT2D eigenvalue weighted by atomic mass is 32.2. The summed E-state index contributed by atoms with van der Waals surface area (Å²) in [6, 6.07) is 9.95. The fourth-order valence-electron chi connectivity index (χ4n) is 1.73. The molecule has 0 unspecified atom stereocenters. The average molecular weight is 290 g/mol. The van der Waals surface area contributed by atoms with Crippen LogP contribution in [0.2, 0.25) is 0 Å². The number of nitrogen functional groups attached to an aromatic ring is 1. The van der Waals surface area contributed by atoms with Crippen molar-refractivity contribution < 1.29 is 4.79 Å². The van der Waals surface area contributed by atoms with Crippen molar-refractivity contribution in [3.05, 3.63) is 36.5 Å². The molecule has 6 heteroatoms. The van der Waals surface area contributed by atoms with Gasteiger partial charge in [0.2, 0.25) is 5.91 Å². The molecule has 0 spiro atoms. The minimum Gasteiger partial charge on any atom is -0.353 e. The summed E-state index contributed by atoms with van der Waals surface area (Å²) in [5.74, 6) is 6.15. The molecule has 1 amide bonds. The van der Waals surface area contributed by atoms with Gasteiger partial charge in [-0.25, -0.2) is 9.66 Å². The zero-order valence-corrected chi connectivity index (χ0v) is 12.4.